The molecule has 4 nitrogen and oxygen atoms in total. The Morgan fingerprint density at radius 3 is 2.64 bits per heavy atom. The third-order valence-corrected chi connectivity index (χ3v) is 3.66. The van der Waals surface area contributed by atoms with Gasteiger partial charge < -0.3 is 0 Å². The molecule has 5 heteroatoms. The summed E-state index contributed by atoms with van der Waals surface area (Å²) in [5.41, 5.74) is 4.17. The molecule has 0 spiro atoms. The number of benzene rings is 2. The first-order chi connectivity index (χ1) is 10.7. The fraction of sp³-hybridized carbons (Fsp3) is 0.118. The second-order valence-corrected chi connectivity index (χ2v) is 5.53. The molecule has 0 N–H and O–H groups in total. The monoisotopic (exact) mass is 311 g/mol. The van der Waals surface area contributed by atoms with Crippen LogP contribution in [-0.2, 0) is 6.54 Å². The fourth-order valence-corrected chi connectivity index (χ4v) is 2.49. The lowest BCUT2D eigenvalue weighted by atomic mass is 10.1. The summed E-state index contributed by atoms with van der Waals surface area (Å²) in [4.78, 5) is 11.3. The number of halogens is 1. The van der Waals surface area contributed by atoms with E-state index in [4.69, 9.17) is 11.6 Å². The topological polar surface area (TPSA) is 47.8 Å². The lowest BCUT2D eigenvalue weighted by molar-refractivity contribution is 0.111. The van der Waals surface area contributed by atoms with Crippen molar-refractivity contribution in [1.29, 1.82) is 0 Å². The van der Waals surface area contributed by atoms with Gasteiger partial charge in [0.1, 0.15) is 0 Å². The van der Waals surface area contributed by atoms with Crippen molar-refractivity contribution in [3.05, 3.63) is 70.4 Å². The van der Waals surface area contributed by atoms with E-state index < -0.39 is 0 Å². The molecular weight excluding hydrogens is 298 g/mol. The highest BCUT2D eigenvalue weighted by atomic mass is 35.5. The molecule has 3 aromatic rings. The lowest BCUT2D eigenvalue weighted by Gasteiger charge is -2.08. The van der Waals surface area contributed by atoms with Gasteiger partial charge in [-0.05, 0) is 30.7 Å². The molecule has 1 aromatic heterocycles. The molecule has 0 aliphatic carbocycles. The van der Waals surface area contributed by atoms with Gasteiger partial charge in [0.2, 0.25) is 0 Å². The van der Waals surface area contributed by atoms with Crippen LogP contribution in [0.4, 0.5) is 0 Å². The second-order valence-electron chi connectivity index (χ2n) is 5.09. The number of hydrogen-bond acceptors (Lipinski definition) is 3. The van der Waals surface area contributed by atoms with E-state index in [0.717, 1.165) is 28.7 Å². The van der Waals surface area contributed by atoms with Crippen molar-refractivity contribution in [2.75, 3.05) is 0 Å². The predicted octanol–water partition coefficient (Wildman–Crippen LogP) is 3.77. The van der Waals surface area contributed by atoms with E-state index in [2.05, 4.69) is 10.3 Å². The smallest absolute Gasteiger partial charge is 0.172 e. The van der Waals surface area contributed by atoms with Gasteiger partial charge in [0, 0.05) is 10.6 Å². The van der Waals surface area contributed by atoms with Crippen LogP contribution in [0, 0.1) is 6.92 Å². The third kappa shape index (κ3) is 2.92. The third-order valence-electron chi connectivity index (χ3n) is 3.41. The molecule has 110 valence electrons. The summed E-state index contributed by atoms with van der Waals surface area (Å²) in [5.74, 6) is 0. The Labute approximate surface area is 133 Å². The Balaban J connectivity index is 2.03. The van der Waals surface area contributed by atoms with Crippen LogP contribution in [0.5, 0.6) is 0 Å². The number of carbonyl (C=O) groups excluding carboxylic acids is 1. The Bertz CT molecular complexity index is 809. The molecule has 0 bridgehead atoms. The first-order valence-electron chi connectivity index (χ1n) is 6.87. The van der Waals surface area contributed by atoms with Crippen LogP contribution >= 0.6 is 11.6 Å². The van der Waals surface area contributed by atoms with E-state index in [-0.39, 0.29) is 0 Å². The number of aldehydes is 1. The van der Waals surface area contributed by atoms with Crippen molar-refractivity contribution in [2.24, 2.45) is 0 Å². The summed E-state index contributed by atoms with van der Waals surface area (Å²) in [6, 6.07) is 15.5. The largest absolute Gasteiger partial charge is 0.296 e. The molecule has 0 atom stereocenters. The number of rotatable bonds is 4. The van der Waals surface area contributed by atoms with E-state index in [1.54, 1.807) is 4.68 Å². The minimum absolute atomic E-state index is 0.347. The normalized spacial score (nSPS) is 10.6. The quantitative estimate of drug-likeness (QED) is 0.689. The summed E-state index contributed by atoms with van der Waals surface area (Å²) < 4.78 is 1.74. The standard InChI is InChI=1S/C17H14ClN3O/c1-12-3-2-4-14(9-12)17-16(11-22)19-20-21(17)10-13-5-7-15(18)8-6-13/h2-9,11H,10H2,1H3. The number of hydrogen-bond donors (Lipinski definition) is 0. The van der Waals surface area contributed by atoms with Crippen molar-refractivity contribution in [3.8, 4) is 11.3 Å². The van der Waals surface area contributed by atoms with Gasteiger partial charge in [-0.25, -0.2) is 4.68 Å². The van der Waals surface area contributed by atoms with Gasteiger partial charge in [0.05, 0.1) is 12.2 Å². The molecule has 0 aliphatic rings. The molecule has 2 aromatic carbocycles. The van der Waals surface area contributed by atoms with Crippen molar-refractivity contribution in [2.45, 2.75) is 13.5 Å². The van der Waals surface area contributed by atoms with Crippen LogP contribution in [0.2, 0.25) is 5.02 Å². The predicted molar refractivity (Wildman–Crippen MR) is 86.1 cm³/mol. The van der Waals surface area contributed by atoms with E-state index in [1.165, 1.54) is 0 Å². The zero-order valence-electron chi connectivity index (χ0n) is 12.0. The van der Waals surface area contributed by atoms with Gasteiger partial charge in [0.25, 0.3) is 0 Å². The molecule has 0 saturated heterocycles. The van der Waals surface area contributed by atoms with E-state index in [1.807, 2.05) is 55.5 Å². The molecule has 22 heavy (non-hydrogen) atoms. The lowest BCUT2D eigenvalue weighted by Crippen LogP contribution is -2.04. The SMILES string of the molecule is Cc1cccc(-c2c(C=O)nnn2Cc2ccc(Cl)cc2)c1. The maximum absolute atomic E-state index is 11.3. The maximum atomic E-state index is 11.3. The number of nitrogens with zero attached hydrogens (tertiary/aromatic N) is 3. The molecule has 1 heterocycles. The van der Waals surface area contributed by atoms with Crippen molar-refractivity contribution in [1.82, 2.24) is 15.0 Å². The Morgan fingerprint density at radius 1 is 1.18 bits per heavy atom. The maximum Gasteiger partial charge on any atom is 0.172 e. The Hall–Kier alpha value is -2.46. The summed E-state index contributed by atoms with van der Waals surface area (Å²) in [7, 11) is 0. The van der Waals surface area contributed by atoms with Crippen LogP contribution in [0.15, 0.2) is 48.5 Å². The first kappa shape index (κ1) is 14.5. The molecule has 0 aliphatic heterocycles. The van der Waals surface area contributed by atoms with Gasteiger partial charge in [-0.1, -0.05) is 52.7 Å². The van der Waals surface area contributed by atoms with Gasteiger partial charge in [-0.2, -0.15) is 0 Å². The van der Waals surface area contributed by atoms with Gasteiger partial charge in [-0.3, -0.25) is 4.79 Å². The molecule has 0 unspecified atom stereocenters. The van der Waals surface area contributed by atoms with E-state index in [9.17, 15) is 4.79 Å². The van der Waals surface area contributed by atoms with Crippen LogP contribution in [-0.4, -0.2) is 21.3 Å². The fourth-order valence-electron chi connectivity index (χ4n) is 2.37. The number of carbonyl (C=O) groups is 1. The summed E-state index contributed by atoms with van der Waals surface area (Å²) >= 11 is 5.90. The average molecular weight is 312 g/mol. The highest BCUT2D eigenvalue weighted by molar-refractivity contribution is 6.30. The zero-order chi connectivity index (χ0) is 15.5. The molecule has 3 rings (SSSR count). The van der Waals surface area contributed by atoms with Gasteiger partial charge in [0.15, 0.2) is 12.0 Å². The number of aromatic nitrogens is 3. The van der Waals surface area contributed by atoms with Gasteiger partial charge in [-0.15, -0.1) is 5.10 Å². The highest BCUT2D eigenvalue weighted by Gasteiger charge is 2.14. The second kappa shape index (κ2) is 6.12. The van der Waals surface area contributed by atoms with Crippen molar-refractivity contribution < 1.29 is 4.79 Å². The van der Waals surface area contributed by atoms with E-state index in [0.29, 0.717) is 17.3 Å². The minimum atomic E-state index is 0.347. The van der Waals surface area contributed by atoms with E-state index >= 15 is 0 Å². The summed E-state index contributed by atoms with van der Waals surface area (Å²) in [6.45, 7) is 2.54. The summed E-state index contributed by atoms with van der Waals surface area (Å²) in [5, 5.41) is 8.78. The number of aryl methyl sites for hydroxylation is 1. The molecular formula is C17H14ClN3O. The summed E-state index contributed by atoms with van der Waals surface area (Å²) in [6.07, 6.45) is 0.739. The van der Waals surface area contributed by atoms with Crippen molar-refractivity contribution >= 4 is 17.9 Å². The van der Waals surface area contributed by atoms with Crippen LogP contribution in [0.3, 0.4) is 0 Å². The molecule has 0 saturated carbocycles. The molecule has 0 amide bonds. The zero-order valence-corrected chi connectivity index (χ0v) is 12.8. The Kier molecular flexibility index (Phi) is 4.02. The highest BCUT2D eigenvalue weighted by Crippen LogP contribution is 2.23. The Morgan fingerprint density at radius 2 is 1.95 bits per heavy atom. The van der Waals surface area contributed by atoms with Crippen LogP contribution < -0.4 is 0 Å². The average Bonchev–Trinajstić information content (AvgIpc) is 2.92. The molecule has 0 radical (unpaired) electrons. The van der Waals surface area contributed by atoms with Crippen LogP contribution in [0.25, 0.3) is 11.3 Å². The minimum Gasteiger partial charge on any atom is -0.296 e. The van der Waals surface area contributed by atoms with Crippen LogP contribution in [0.1, 0.15) is 21.6 Å². The van der Waals surface area contributed by atoms with Gasteiger partial charge >= 0.3 is 0 Å². The first-order valence-corrected chi connectivity index (χ1v) is 7.25. The molecule has 0 fully saturated rings. The van der Waals surface area contributed by atoms with Crippen molar-refractivity contribution in [3.63, 3.8) is 0 Å².